The van der Waals surface area contributed by atoms with Crippen LogP contribution in [0.3, 0.4) is 0 Å². The van der Waals surface area contributed by atoms with E-state index in [1.165, 1.54) is 0 Å². The first-order valence-electron chi connectivity index (χ1n) is 7.66. The summed E-state index contributed by atoms with van der Waals surface area (Å²) in [6.07, 6.45) is 1.54. The summed E-state index contributed by atoms with van der Waals surface area (Å²) >= 11 is 0. The van der Waals surface area contributed by atoms with Crippen LogP contribution < -0.4 is 10.6 Å². The maximum Gasteiger partial charge on any atom is 0.248 e. The molecule has 1 aromatic carbocycles. The first-order chi connectivity index (χ1) is 11.1. The Morgan fingerprint density at radius 2 is 2.00 bits per heavy atom. The average Bonchev–Trinajstić information content (AvgIpc) is 2.93. The van der Waals surface area contributed by atoms with E-state index in [-0.39, 0.29) is 11.8 Å². The minimum absolute atomic E-state index is 0.139. The third kappa shape index (κ3) is 5.25. The second-order valence-electron chi connectivity index (χ2n) is 5.37. The lowest BCUT2D eigenvalue weighted by atomic mass is 10.0. The summed E-state index contributed by atoms with van der Waals surface area (Å²) in [6, 6.07) is 10.5. The minimum Gasteiger partial charge on any atom is -0.360 e. The molecule has 1 heterocycles. The SMILES string of the molecule is CCCC(=O)NC(Cc1ccccc1)C(=O)Nc1cc(C)on1. The minimum atomic E-state index is -0.659. The van der Waals surface area contributed by atoms with Crippen LogP contribution in [0.2, 0.25) is 0 Å². The van der Waals surface area contributed by atoms with Gasteiger partial charge < -0.3 is 15.2 Å². The van der Waals surface area contributed by atoms with Crippen LogP contribution in [0.25, 0.3) is 0 Å². The highest BCUT2D eigenvalue weighted by Gasteiger charge is 2.22. The molecule has 6 nitrogen and oxygen atoms in total. The standard InChI is InChI=1S/C17H21N3O3/c1-3-7-16(21)18-14(11-13-8-5-4-6-9-13)17(22)19-15-10-12(2)23-20-15/h4-6,8-10,14H,3,7,11H2,1-2H3,(H,18,21)(H,19,20,22). The molecule has 1 atom stereocenters. The van der Waals surface area contributed by atoms with Crippen molar-refractivity contribution >= 4 is 17.6 Å². The van der Waals surface area contributed by atoms with Crippen molar-refractivity contribution < 1.29 is 14.1 Å². The number of carbonyl (C=O) groups is 2. The number of carbonyl (C=O) groups excluding carboxylic acids is 2. The topological polar surface area (TPSA) is 84.2 Å². The Balaban J connectivity index is 2.07. The summed E-state index contributed by atoms with van der Waals surface area (Å²) in [7, 11) is 0. The highest BCUT2D eigenvalue weighted by molar-refractivity contribution is 5.96. The van der Waals surface area contributed by atoms with Crippen molar-refractivity contribution in [3.63, 3.8) is 0 Å². The van der Waals surface area contributed by atoms with E-state index < -0.39 is 6.04 Å². The molecule has 6 heteroatoms. The molecule has 23 heavy (non-hydrogen) atoms. The molecule has 1 unspecified atom stereocenters. The second-order valence-corrected chi connectivity index (χ2v) is 5.37. The molecule has 0 fully saturated rings. The largest absolute Gasteiger partial charge is 0.360 e. The molecule has 122 valence electrons. The van der Waals surface area contributed by atoms with Crippen molar-refractivity contribution in [2.75, 3.05) is 5.32 Å². The van der Waals surface area contributed by atoms with Gasteiger partial charge in [0.25, 0.3) is 0 Å². The smallest absolute Gasteiger partial charge is 0.248 e. The Labute approximate surface area is 135 Å². The van der Waals surface area contributed by atoms with Crippen LogP contribution in [0.1, 0.15) is 31.1 Å². The van der Waals surface area contributed by atoms with E-state index in [0.717, 1.165) is 12.0 Å². The van der Waals surface area contributed by atoms with Crippen LogP contribution in [0.4, 0.5) is 5.82 Å². The molecular formula is C17H21N3O3. The Kier molecular flexibility index (Phi) is 5.91. The highest BCUT2D eigenvalue weighted by Crippen LogP contribution is 2.10. The molecule has 2 aromatic rings. The summed E-state index contributed by atoms with van der Waals surface area (Å²) in [4.78, 5) is 24.3. The van der Waals surface area contributed by atoms with Crippen molar-refractivity contribution in [2.45, 2.75) is 39.2 Å². The number of aryl methyl sites for hydroxylation is 1. The maximum atomic E-state index is 12.5. The third-order valence-corrected chi connectivity index (χ3v) is 3.29. The van der Waals surface area contributed by atoms with Crippen molar-refractivity contribution in [2.24, 2.45) is 0 Å². The lowest BCUT2D eigenvalue weighted by Gasteiger charge is -2.17. The van der Waals surface area contributed by atoms with Gasteiger partial charge in [-0.05, 0) is 18.9 Å². The Morgan fingerprint density at radius 1 is 1.26 bits per heavy atom. The number of hydrogen-bond acceptors (Lipinski definition) is 4. The van der Waals surface area contributed by atoms with Gasteiger partial charge in [-0.1, -0.05) is 42.4 Å². The predicted octanol–water partition coefficient (Wildman–Crippen LogP) is 2.45. The normalized spacial score (nSPS) is 11.7. The zero-order valence-electron chi connectivity index (χ0n) is 13.3. The molecule has 1 aromatic heterocycles. The van der Waals surface area contributed by atoms with E-state index in [0.29, 0.717) is 24.4 Å². The second kappa shape index (κ2) is 8.12. The Hall–Kier alpha value is -2.63. The number of hydrogen-bond donors (Lipinski definition) is 2. The molecule has 2 amide bonds. The first kappa shape index (κ1) is 16.7. The molecule has 0 radical (unpaired) electrons. The van der Waals surface area contributed by atoms with Crippen LogP contribution in [-0.4, -0.2) is 23.0 Å². The quantitative estimate of drug-likeness (QED) is 0.822. The van der Waals surface area contributed by atoms with Gasteiger partial charge in [-0.2, -0.15) is 0 Å². The number of aromatic nitrogens is 1. The van der Waals surface area contributed by atoms with Crippen molar-refractivity contribution in [3.05, 3.63) is 47.7 Å². The Morgan fingerprint density at radius 3 is 2.61 bits per heavy atom. The fraction of sp³-hybridized carbons (Fsp3) is 0.353. The van der Waals surface area contributed by atoms with Gasteiger partial charge in [0.15, 0.2) is 5.82 Å². The number of nitrogens with zero attached hydrogens (tertiary/aromatic N) is 1. The molecule has 2 N–H and O–H groups in total. The number of benzene rings is 1. The van der Waals surface area contributed by atoms with Crippen LogP contribution in [0.5, 0.6) is 0 Å². The van der Waals surface area contributed by atoms with Crippen LogP contribution in [-0.2, 0) is 16.0 Å². The van der Waals surface area contributed by atoms with Crippen molar-refractivity contribution in [1.29, 1.82) is 0 Å². The van der Waals surface area contributed by atoms with Gasteiger partial charge in [0.2, 0.25) is 11.8 Å². The summed E-state index contributed by atoms with van der Waals surface area (Å²) in [5, 5.41) is 9.20. The van der Waals surface area contributed by atoms with Crippen molar-refractivity contribution in [3.8, 4) is 0 Å². The predicted molar refractivity (Wildman–Crippen MR) is 86.9 cm³/mol. The molecule has 0 aliphatic carbocycles. The van der Waals surface area contributed by atoms with E-state index in [2.05, 4.69) is 15.8 Å². The fourth-order valence-corrected chi connectivity index (χ4v) is 2.19. The Bertz CT molecular complexity index is 652. The first-order valence-corrected chi connectivity index (χ1v) is 7.66. The molecule has 0 aliphatic heterocycles. The highest BCUT2D eigenvalue weighted by atomic mass is 16.5. The van der Waals surface area contributed by atoms with E-state index in [9.17, 15) is 9.59 Å². The summed E-state index contributed by atoms with van der Waals surface area (Å²) in [5.41, 5.74) is 0.973. The molecule has 2 rings (SSSR count). The third-order valence-electron chi connectivity index (χ3n) is 3.29. The average molecular weight is 315 g/mol. The van der Waals surface area contributed by atoms with Gasteiger partial charge in [-0.3, -0.25) is 9.59 Å². The molecule has 0 bridgehead atoms. The van der Waals surface area contributed by atoms with Gasteiger partial charge in [-0.15, -0.1) is 0 Å². The number of nitrogens with one attached hydrogen (secondary N) is 2. The molecule has 0 saturated heterocycles. The molecule has 0 saturated carbocycles. The number of anilines is 1. The zero-order chi connectivity index (χ0) is 16.7. The molecule has 0 spiro atoms. The van der Waals surface area contributed by atoms with Gasteiger partial charge in [-0.25, -0.2) is 0 Å². The van der Waals surface area contributed by atoms with Gasteiger partial charge in [0.1, 0.15) is 11.8 Å². The summed E-state index contributed by atoms with van der Waals surface area (Å²) < 4.78 is 4.93. The van der Waals surface area contributed by atoms with Crippen LogP contribution in [0.15, 0.2) is 40.9 Å². The number of amides is 2. The van der Waals surface area contributed by atoms with Crippen molar-refractivity contribution in [1.82, 2.24) is 10.5 Å². The summed E-state index contributed by atoms with van der Waals surface area (Å²) in [5.74, 6) is 0.497. The fourth-order valence-electron chi connectivity index (χ4n) is 2.19. The molecule has 0 aliphatic rings. The van der Waals surface area contributed by atoms with Gasteiger partial charge in [0.05, 0.1) is 0 Å². The van der Waals surface area contributed by atoms with Gasteiger partial charge in [0, 0.05) is 18.9 Å². The number of rotatable bonds is 7. The maximum absolute atomic E-state index is 12.5. The van der Waals surface area contributed by atoms with E-state index in [1.54, 1.807) is 13.0 Å². The van der Waals surface area contributed by atoms with E-state index in [1.807, 2.05) is 37.3 Å². The zero-order valence-corrected chi connectivity index (χ0v) is 13.3. The lowest BCUT2D eigenvalue weighted by Crippen LogP contribution is -2.45. The molecular weight excluding hydrogens is 294 g/mol. The summed E-state index contributed by atoms with van der Waals surface area (Å²) in [6.45, 7) is 3.66. The lowest BCUT2D eigenvalue weighted by molar-refractivity contribution is -0.126. The van der Waals surface area contributed by atoms with Gasteiger partial charge >= 0.3 is 0 Å². The van der Waals surface area contributed by atoms with Crippen LogP contribution >= 0.6 is 0 Å². The monoisotopic (exact) mass is 315 g/mol. The van der Waals surface area contributed by atoms with Crippen LogP contribution in [0, 0.1) is 6.92 Å². The van der Waals surface area contributed by atoms with E-state index in [4.69, 9.17) is 4.52 Å². The van der Waals surface area contributed by atoms with E-state index >= 15 is 0 Å².